The van der Waals surface area contributed by atoms with Crippen molar-refractivity contribution in [3.8, 4) is 0 Å². The van der Waals surface area contributed by atoms with Gasteiger partial charge in [0.2, 0.25) is 11.8 Å². The summed E-state index contributed by atoms with van der Waals surface area (Å²) in [5.74, 6) is 1.37. The molecule has 2 aliphatic rings. The molecule has 168 valence electrons. The molecule has 31 heavy (non-hydrogen) atoms. The maximum Gasteiger partial charge on any atom is 0.243 e. The molecule has 3 heterocycles. The first-order chi connectivity index (χ1) is 14.9. The Bertz CT molecular complexity index is 925. The van der Waals surface area contributed by atoms with Gasteiger partial charge in [0.15, 0.2) is 5.16 Å². The molecule has 0 radical (unpaired) electrons. The van der Waals surface area contributed by atoms with E-state index in [-0.39, 0.29) is 30.4 Å². The number of hydrogen-bond acceptors (Lipinski definition) is 4. The minimum atomic E-state index is 0.140. The third-order valence-electron chi connectivity index (χ3n) is 6.86. The Kier molecular flexibility index (Phi) is 6.89. The number of piperidine rings is 2. The van der Waals surface area contributed by atoms with Crippen molar-refractivity contribution >= 4 is 34.6 Å². The first-order valence-electron chi connectivity index (χ1n) is 11.6. The Morgan fingerprint density at radius 2 is 1.68 bits per heavy atom. The van der Waals surface area contributed by atoms with Gasteiger partial charge in [0.05, 0.1) is 16.8 Å². The number of nitrogens with zero attached hydrogens (tertiary/aromatic N) is 4. The van der Waals surface area contributed by atoms with E-state index >= 15 is 0 Å². The number of rotatable bonds is 5. The summed E-state index contributed by atoms with van der Waals surface area (Å²) < 4.78 is 2.00. The molecule has 1 aromatic heterocycles. The highest BCUT2D eigenvalue weighted by molar-refractivity contribution is 7.99. The molecule has 0 unspecified atom stereocenters. The van der Waals surface area contributed by atoms with E-state index in [2.05, 4.69) is 20.8 Å². The van der Waals surface area contributed by atoms with Gasteiger partial charge in [-0.05, 0) is 64.0 Å². The summed E-state index contributed by atoms with van der Waals surface area (Å²) in [5.41, 5.74) is 1.83. The SMILES string of the molecule is CC1CCN(C(=O)CSc2nc3ccccc3n2CC(=O)N2[C@@H](C)CCC[C@@H]2C)CC1. The Labute approximate surface area is 189 Å². The lowest BCUT2D eigenvalue weighted by Crippen LogP contribution is -2.48. The number of likely N-dealkylation sites (tertiary alicyclic amines) is 2. The molecule has 2 saturated heterocycles. The Morgan fingerprint density at radius 1 is 1.00 bits per heavy atom. The van der Waals surface area contributed by atoms with Gasteiger partial charge in [-0.3, -0.25) is 9.59 Å². The number of fused-ring (bicyclic) bond motifs is 1. The summed E-state index contributed by atoms with van der Waals surface area (Å²) in [6.45, 7) is 8.51. The number of para-hydroxylation sites is 2. The lowest BCUT2D eigenvalue weighted by Gasteiger charge is -2.39. The monoisotopic (exact) mass is 442 g/mol. The van der Waals surface area contributed by atoms with Gasteiger partial charge in [0.1, 0.15) is 6.54 Å². The van der Waals surface area contributed by atoms with Crippen molar-refractivity contribution in [2.45, 2.75) is 76.7 Å². The van der Waals surface area contributed by atoms with Crippen molar-refractivity contribution in [1.82, 2.24) is 19.4 Å². The number of hydrogen-bond donors (Lipinski definition) is 0. The van der Waals surface area contributed by atoms with Gasteiger partial charge in [-0.2, -0.15) is 0 Å². The van der Waals surface area contributed by atoms with Crippen LogP contribution in [0.1, 0.15) is 52.9 Å². The van der Waals surface area contributed by atoms with Gasteiger partial charge in [-0.15, -0.1) is 0 Å². The third-order valence-corrected chi connectivity index (χ3v) is 7.82. The van der Waals surface area contributed by atoms with E-state index in [9.17, 15) is 9.59 Å². The van der Waals surface area contributed by atoms with E-state index in [0.29, 0.717) is 11.7 Å². The first-order valence-corrected chi connectivity index (χ1v) is 12.6. The zero-order valence-electron chi connectivity index (χ0n) is 18.9. The number of amides is 2. The smallest absolute Gasteiger partial charge is 0.243 e. The fourth-order valence-electron chi connectivity index (χ4n) is 4.92. The minimum absolute atomic E-state index is 0.140. The van der Waals surface area contributed by atoms with Crippen molar-refractivity contribution in [3.63, 3.8) is 0 Å². The van der Waals surface area contributed by atoms with Gasteiger partial charge >= 0.3 is 0 Å². The maximum atomic E-state index is 13.3. The molecule has 2 fully saturated rings. The number of carbonyl (C=O) groups is 2. The van der Waals surface area contributed by atoms with Crippen molar-refractivity contribution in [1.29, 1.82) is 0 Å². The van der Waals surface area contributed by atoms with Crippen LogP contribution in [-0.4, -0.2) is 62.1 Å². The highest BCUT2D eigenvalue weighted by Crippen LogP contribution is 2.27. The average molecular weight is 443 g/mol. The fourth-order valence-corrected chi connectivity index (χ4v) is 5.84. The molecule has 2 atom stereocenters. The second kappa shape index (κ2) is 9.63. The van der Waals surface area contributed by atoms with Crippen LogP contribution in [0.5, 0.6) is 0 Å². The molecule has 2 amide bonds. The molecule has 0 aliphatic carbocycles. The lowest BCUT2D eigenvalue weighted by molar-refractivity contribution is -0.138. The van der Waals surface area contributed by atoms with Crippen LogP contribution in [0, 0.1) is 5.92 Å². The van der Waals surface area contributed by atoms with E-state index in [1.165, 1.54) is 18.2 Å². The second-order valence-electron chi connectivity index (χ2n) is 9.25. The van der Waals surface area contributed by atoms with Gasteiger partial charge < -0.3 is 14.4 Å². The molecular formula is C24H34N4O2S. The van der Waals surface area contributed by atoms with E-state index in [1.807, 2.05) is 38.6 Å². The van der Waals surface area contributed by atoms with Gasteiger partial charge in [0.25, 0.3) is 0 Å². The Hall–Kier alpha value is -2.02. The average Bonchev–Trinajstić information content (AvgIpc) is 3.10. The predicted molar refractivity (Wildman–Crippen MR) is 125 cm³/mol. The summed E-state index contributed by atoms with van der Waals surface area (Å²) in [4.78, 5) is 34.8. The van der Waals surface area contributed by atoms with Crippen LogP contribution in [0.3, 0.4) is 0 Å². The molecule has 1 aromatic carbocycles. The van der Waals surface area contributed by atoms with Crippen molar-refractivity contribution in [2.75, 3.05) is 18.8 Å². The van der Waals surface area contributed by atoms with E-state index < -0.39 is 0 Å². The van der Waals surface area contributed by atoms with Gasteiger partial charge in [0, 0.05) is 25.2 Å². The lowest BCUT2D eigenvalue weighted by atomic mass is 9.97. The zero-order valence-corrected chi connectivity index (χ0v) is 19.7. The molecule has 7 heteroatoms. The van der Waals surface area contributed by atoms with Crippen LogP contribution in [0.4, 0.5) is 0 Å². The second-order valence-corrected chi connectivity index (χ2v) is 10.2. The van der Waals surface area contributed by atoms with Crippen LogP contribution >= 0.6 is 11.8 Å². The van der Waals surface area contributed by atoms with E-state index in [0.717, 1.165) is 55.0 Å². The van der Waals surface area contributed by atoms with Crippen molar-refractivity contribution < 1.29 is 9.59 Å². The van der Waals surface area contributed by atoms with Crippen molar-refractivity contribution in [2.24, 2.45) is 5.92 Å². The molecule has 2 aromatic rings. The normalized spacial score (nSPS) is 22.8. The van der Waals surface area contributed by atoms with Gasteiger partial charge in [-0.1, -0.05) is 30.8 Å². The molecule has 0 bridgehead atoms. The van der Waals surface area contributed by atoms with Crippen LogP contribution < -0.4 is 0 Å². The van der Waals surface area contributed by atoms with E-state index in [1.54, 1.807) is 0 Å². The summed E-state index contributed by atoms with van der Waals surface area (Å²) in [7, 11) is 0. The first kappa shape index (κ1) is 22.2. The topological polar surface area (TPSA) is 58.4 Å². The highest BCUT2D eigenvalue weighted by Gasteiger charge is 2.30. The molecule has 0 N–H and O–H groups in total. The predicted octanol–water partition coefficient (Wildman–Crippen LogP) is 4.18. The van der Waals surface area contributed by atoms with Gasteiger partial charge in [-0.25, -0.2) is 4.98 Å². The number of aromatic nitrogens is 2. The zero-order chi connectivity index (χ0) is 22.0. The number of benzene rings is 1. The highest BCUT2D eigenvalue weighted by atomic mass is 32.2. The summed E-state index contributed by atoms with van der Waals surface area (Å²) in [6.07, 6.45) is 5.46. The minimum Gasteiger partial charge on any atom is -0.342 e. The summed E-state index contributed by atoms with van der Waals surface area (Å²) >= 11 is 1.46. The maximum absolute atomic E-state index is 13.3. The number of imidazole rings is 1. The van der Waals surface area contributed by atoms with Crippen LogP contribution in [0.15, 0.2) is 29.4 Å². The molecule has 4 rings (SSSR count). The fraction of sp³-hybridized carbons (Fsp3) is 0.625. The van der Waals surface area contributed by atoms with Crippen LogP contribution in [0.2, 0.25) is 0 Å². The molecular weight excluding hydrogens is 408 g/mol. The van der Waals surface area contributed by atoms with Crippen LogP contribution in [0.25, 0.3) is 11.0 Å². The van der Waals surface area contributed by atoms with Crippen LogP contribution in [-0.2, 0) is 16.1 Å². The number of thioether (sulfide) groups is 1. The van der Waals surface area contributed by atoms with Crippen molar-refractivity contribution in [3.05, 3.63) is 24.3 Å². The standard InChI is InChI=1S/C24H34N4O2S/c1-17-11-13-26(14-12-17)23(30)16-31-24-25-20-9-4-5-10-21(20)27(24)15-22(29)28-18(2)7-6-8-19(28)3/h4-5,9-10,17-19H,6-8,11-16H2,1-3H3/t18-,19-/m0/s1. The Morgan fingerprint density at radius 3 is 2.39 bits per heavy atom. The third kappa shape index (κ3) is 4.92. The summed E-state index contributed by atoms with van der Waals surface area (Å²) in [5, 5.41) is 0.755. The van der Waals surface area contributed by atoms with E-state index in [4.69, 9.17) is 4.98 Å². The molecule has 0 spiro atoms. The molecule has 2 aliphatic heterocycles. The largest absolute Gasteiger partial charge is 0.342 e. The quantitative estimate of drug-likeness (QED) is 0.652. The number of carbonyl (C=O) groups excluding carboxylic acids is 2. The molecule has 6 nitrogen and oxygen atoms in total. The Balaban J connectivity index is 1.50. The summed E-state index contributed by atoms with van der Waals surface area (Å²) in [6, 6.07) is 8.46. The molecule has 0 saturated carbocycles.